The molecule has 4 nitrogen and oxygen atoms in total. The summed E-state index contributed by atoms with van der Waals surface area (Å²) in [5.74, 6) is 0.524. The molecule has 1 amide bonds. The number of thiophene rings is 1. The number of hydrogen-bond donors (Lipinski definition) is 2. The van der Waals surface area contributed by atoms with Crippen LogP contribution in [0.15, 0.2) is 24.4 Å². The second kappa shape index (κ2) is 4.27. The van der Waals surface area contributed by atoms with Crippen LogP contribution in [-0.4, -0.2) is 16.1 Å². The highest BCUT2D eigenvalue weighted by Crippen LogP contribution is 2.17. The van der Waals surface area contributed by atoms with Crippen LogP contribution in [0.1, 0.15) is 21.5 Å². The molecule has 2 rings (SSSR count). The van der Waals surface area contributed by atoms with Crippen LogP contribution in [0, 0.1) is 0 Å². The monoisotopic (exact) mass is 221 g/mol. The smallest absolute Gasteiger partial charge is 0.266 e. The van der Waals surface area contributed by atoms with Gasteiger partial charge in [-0.05, 0) is 18.6 Å². The SMILES string of the molecule is CCc1ccc(C(=O)Nc2ccn[nH]2)s1. The molecule has 0 spiro atoms. The Morgan fingerprint density at radius 3 is 3.00 bits per heavy atom. The molecule has 2 heterocycles. The Morgan fingerprint density at radius 1 is 1.53 bits per heavy atom. The number of rotatable bonds is 3. The molecule has 5 heteroatoms. The maximum atomic E-state index is 11.7. The van der Waals surface area contributed by atoms with E-state index in [1.165, 1.54) is 16.2 Å². The van der Waals surface area contributed by atoms with Gasteiger partial charge in [-0.25, -0.2) is 0 Å². The first-order chi connectivity index (χ1) is 7.29. The molecular weight excluding hydrogens is 210 g/mol. The fraction of sp³-hybridized carbons (Fsp3) is 0.200. The lowest BCUT2D eigenvalue weighted by Crippen LogP contribution is -2.10. The second-order valence-electron chi connectivity index (χ2n) is 3.04. The van der Waals surface area contributed by atoms with Crippen LogP contribution >= 0.6 is 11.3 Å². The van der Waals surface area contributed by atoms with Crippen LogP contribution in [0.2, 0.25) is 0 Å². The molecule has 78 valence electrons. The number of amides is 1. The van der Waals surface area contributed by atoms with Gasteiger partial charge in [0.25, 0.3) is 5.91 Å². The van der Waals surface area contributed by atoms with Crippen molar-refractivity contribution in [1.82, 2.24) is 10.2 Å². The zero-order valence-corrected chi connectivity index (χ0v) is 9.10. The van der Waals surface area contributed by atoms with Gasteiger partial charge in [0.1, 0.15) is 5.82 Å². The Labute approximate surface area is 91.3 Å². The minimum atomic E-state index is -0.0936. The summed E-state index contributed by atoms with van der Waals surface area (Å²) in [6, 6.07) is 5.54. The highest BCUT2D eigenvalue weighted by atomic mass is 32.1. The van der Waals surface area contributed by atoms with E-state index in [-0.39, 0.29) is 5.91 Å². The molecule has 0 aliphatic rings. The van der Waals surface area contributed by atoms with Crippen molar-refractivity contribution in [3.8, 4) is 0 Å². The standard InChI is InChI=1S/C10H11N3OS/c1-2-7-3-4-8(15-7)10(14)12-9-5-6-11-13-9/h3-6H,2H2,1H3,(H2,11,12,13,14). The predicted molar refractivity (Wildman–Crippen MR) is 60.2 cm³/mol. The van der Waals surface area contributed by atoms with Crippen molar-refractivity contribution < 1.29 is 4.79 Å². The van der Waals surface area contributed by atoms with E-state index >= 15 is 0 Å². The van der Waals surface area contributed by atoms with Gasteiger partial charge in [-0.15, -0.1) is 11.3 Å². The van der Waals surface area contributed by atoms with Crippen molar-refractivity contribution >= 4 is 23.1 Å². The van der Waals surface area contributed by atoms with Crippen LogP contribution in [0.5, 0.6) is 0 Å². The van der Waals surface area contributed by atoms with E-state index in [9.17, 15) is 4.79 Å². The topological polar surface area (TPSA) is 57.8 Å². The zero-order chi connectivity index (χ0) is 10.7. The van der Waals surface area contributed by atoms with Crippen LogP contribution in [0.3, 0.4) is 0 Å². The molecule has 0 bridgehead atoms. The van der Waals surface area contributed by atoms with Crippen LogP contribution in [-0.2, 0) is 6.42 Å². The Kier molecular flexibility index (Phi) is 2.82. The third-order valence-electron chi connectivity index (χ3n) is 1.98. The first-order valence-corrected chi connectivity index (χ1v) is 5.50. The minimum Gasteiger partial charge on any atom is -0.306 e. The number of anilines is 1. The molecule has 0 aliphatic heterocycles. The van der Waals surface area contributed by atoms with Gasteiger partial charge in [0.2, 0.25) is 0 Å². The van der Waals surface area contributed by atoms with Gasteiger partial charge in [-0.3, -0.25) is 9.89 Å². The van der Waals surface area contributed by atoms with Crippen molar-refractivity contribution in [1.29, 1.82) is 0 Å². The van der Waals surface area contributed by atoms with Gasteiger partial charge in [-0.2, -0.15) is 5.10 Å². The summed E-state index contributed by atoms with van der Waals surface area (Å²) in [6.45, 7) is 2.07. The van der Waals surface area contributed by atoms with Gasteiger partial charge < -0.3 is 5.32 Å². The number of aromatic amines is 1. The molecule has 0 unspecified atom stereocenters. The van der Waals surface area contributed by atoms with Crippen molar-refractivity contribution in [2.24, 2.45) is 0 Å². The minimum absolute atomic E-state index is 0.0936. The van der Waals surface area contributed by atoms with E-state index in [4.69, 9.17) is 0 Å². The predicted octanol–water partition coefficient (Wildman–Crippen LogP) is 2.29. The molecule has 2 N–H and O–H groups in total. The van der Waals surface area contributed by atoms with E-state index in [1.807, 2.05) is 12.1 Å². The molecule has 0 aromatic carbocycles. The Balaban J connectivity index is 2.08. The fourth-order valence-corrected chi connectivity index (χ4v) is 2.04. The number of carbonyl (C=O) groups excluding carboxylic acids is 1. The van der Waals surface area contributed by atoms with Gasteiger partial charge in [0, 0.05) is 10.9 Å². The number of hydrogen-bond acceptors (Lipinski definition) is 3. The summed E-state index contributed by atoms with van der Waals surface area (Å²) in [7, 11) is 0. The van der Waals surface area contributed by atoms with Crippen molar-refractivity contribution in [3.05, 3.63) is 34.2 Å². The molecule has 0 fully saturated rings. The zero-order valence-electron chi connectivity index (χ0n) is 8.28. The summed E-state index contributed by atoms with van der Waals surface area (Å²) in [4.78, 5) is 13.6. The maximum absolute atomic E-state index is 11.7. The Hall–Kier alpha value is -1.62. The number of H-pyrrole nitrogens is 1. The number of carbonyl (C=O) groups is 1. The van der Waals surface area contributed by atoms with Crippen molar-refractivity contribution in [2.45, 2.75) is 13.3 Å². The highest BCUT2D eigenvalue weighted by Gasteiger charge is 2.09. The fourth-order valence-electron chi connectivity index (χ4n) is 1.20. The molecule has 0 atom stereocenters. The maximum Gasteiger partial charge on any atom is 0.266 e. The van der Waals surface area contributed by atoms with Gasteiger partial charge in [0.05, 0.1) is 11.1 Å². The molecule has 0 radical (unpaired) electrons. The number of aryl methyl sites for hydroxylation is 1. The van der Waals surface area contributed by atoms with E-state index in [2.05, 4.69) is 22.4 Å². The molecule has 2 aromatic rings. The van der Waals surface area contributed by atoms with Crippen LogP contribution in [0.4, 0.5) is 5.82 Å². The third kappa shape index (κ3) is 2.24. The second-order valence-corrected chi connectivity index (χ2v) is 4.21. The van der Waals surface area contributed by atoms with Gasteiger partial charge >= 0.3 is 0 Å². The van der Waals surface area contributed by atoms with Crippen molar-refractivity contribution in [2.75, 3.05) is 5.32 Å². The highest BCUT2D eigenvalue weighted by molar-refractivity contribution is 7.14. The third-order valence-corrected chi connectivity index (χ3v) is 3.21. The van der Waals surface area contributed by atoms with Gasteiger partial charge in [0.15, 0.2) is 0 Å². The first kappa shape index (κ1) is 9.92. The average molecular weight is 221 g/mol. The van der Waals surface area contributed by atoms with E-state index in [0.29, 0.717) is 5.82 Å². The summed E-state index contributed by atoms with van der Waals surface area (Å²) in [6.07, 6.45) is 2.56. The largest absolute Gasteiger partial charge is 0.306 e. The molecule has 2 aromatic heterocycles. The summed E-state index contributed by atoms with van der Waals surface area (Å²) >= 11 is 1.52. The van der Waals surface area contributed by atoms with E-state index < -0.39 is 0 Å². The molecule has 0 saturated heterocycles. The number of nitrogens with zero attached hydrogens (tertiary/aromatic N) is 1. The van der Waals surface area contributed by atoms with Crippen molar-refractivity contribution in [3.63, 3.8) is 0 Å². The molecule has 0 aliphatic carbocycles. The number of nitrogens with one attached hydrogen (secondary N) is 2. The molecular formula is C10H11N3OS. The average Bonchev–Trinajstić information content (AvgIpc) is 2.86. The normalized spacial score (nSPS) is 10.2. The summed E-state index contributed by atoms with van der Waals surface area (Å²) < 4.78 is 0. The Morgan fingerprint density at radius 2 is 2.40 bits per heavy atom. The molecule has 0 saturated carbocycles. The first-order valence-electron chi connectivity index (χ1n) is 4.69. The number of aromatic nitrogens is 2. The van der Waals surface area contributed by atoms with Crippen LogP contribution in [0.25, 0.3) is 0 Å². The van der Waals surface area contributed by atoms with E-state index in [0.717, 1.165) is 11.3 Å². The van der Waals surface area contributed by atoms with Gasteiger partial charge in [-0.1, -0.05) is 6.92 Å². The quantitative estimate of drug-likeness (QED) is 0.835. The molecule has 15 heavy (non-hydrogen) atoms. The van der Waals surface area contributed by atoms with E-state index in [1.54, 1.807) is 12.3 Å². The summed E-state index contributed by atoms with van der Waals surface area (Å²) in [5, 5.41) is 9.16. The lowest BCUT2D eigenvalue weighted by molar-refractivity contribution is 0.103. The Bertz CT molecular complexity index is 447. The lowest BCUT2D eigenvalue weighted by Gasteiger charge is -1.98. The van der Waals surface area contributed by atoms with Crippen LogP contribution < -0.4 is 5.32 Å². The summed E-state index contributed by atoms with van der Waals surface area (Å²) in [5.41, 5.74) is 0. The lowest BCUT2D eigenvalue weighted by atomic mass is 10.3.